The lowest BCUT2D eigenvalue weighted by Crippen LogP contribution is -2.48. The van der Waals surface area contributed by atoms with E-state index in [4.69, 9.17) is 0 Å². The van der Waals surface area contributed by atoms with E-state index < -0.39 is 12.0 Å². The lowest BCUT2D eigenvalue weighted by Gasteiger charge is -2.32. The summed E-state index contributed by atoms with van der Waals surface area (Å²) in [5.41, 5.74) is 0. The molecule has 1 aliphatic rings. The summed E-state index contributed by atoms with van der Waals surface area (Å²) in [6, 6.07) is 1.01. The van der Waals surface area contributed by atoms with Crippen LogP contribution < -0.4 is 10.2 Å². The average Bonchev–Trinajstić information content (AvgIpc) is 2.50. The molecule has 8 nitrogen and oxygen atoms in total. The second-order valence-corrected chi connectivity index (χ2v) is 5.32. The molecule has 22 heavy (non-hydrogen) atoms. The zero-order valence-corrected chi connectivity index (χ0v) is 12.8. The van der Waals surface area contributed by atoms with Gasteiger partial charge in [0.05, 0.1) is 6.54 Å². The summed E-state index contributed by atoms with van der Waals surface area (Å²) in [6.07, 6.45) is 2.65. The number of carbonyl (C=O) groups is 2. The molecule has 1 amide bonds. The van der Waals surface area contributed by atoms with E-state index in [1.54, 1.807) is 18.0 Å². The number of likely N-dealkylation sites (N-methyl/N-ethyl adjacent to an activating group) is 1. The van der Waals surface area contributed by atoms with E-state index in [0.29, 0.717) is 31.1 Å². The first-order chi connectivity index (χ1) is 10.5. The molecule has 0 aliphatic carbocycles. The Morgan fingerprint density at radius 1 is 1.45 bits per heavy atom. The molecule has 8 heteroatoms. The molecule has 1 aromatic heterocycles. The number of carboxylic acid groups (broad SMARTS) is 1. The van der Waals surface area contributed by atoms with Gasteiger partial charge >= 0.3 is 5.97 Å². The molecule has 1 atom stereocenters. The van der Waals surface area contributed by atoms with Crippen LogP contribution in [0.2, 0.25) is 0 Å². The van der Waals surface area contributed by atoms with Crippen molar-refractivity contribution >= 4 is 23.5 Å². The maximum absolute atomic E-state index is 11.8. The number of hydrogen-bond acceptors (Lipinski definition) is 6. The first-order valence-electron chi connectivity index (χ1n) is 7.31. The van der Waals surface area contributed by atoms with E-state index in [0.717, 1.165) is 6.42 Å². The Bertz CT molecular complexity index is 551. The van der Waals surface area contributed by atoms with Crippen molar-refractivity contribution < 1.29 is 14.7 Å². The predicted molar refractivity (Wildman–Crippen MR) is 81.8 cm³/mol. The van der Waals surface area contributed by atoms with Gasteiger partial charge in [0.2, 0.25) is 5.91 Å². The van der Waals surface area contributed by atoms with Gasteiger partial charge in [-0.15, -0.1) is 0 Å². The number of aromatic nitrogens is 2. The highest BCUT2D eigenvalue weighted by molar-refractivity contribution is 5.82. The van der Waals surface area contributed by atoms with E-state index in [1.807, 2.05) is 11.8 Å². The Labute approximate surface area is 129 Å². The molecule has 1 aliphatic heterocycles. The van der Waals surface area contributed by atoms with Crippen LogP contribution in [-0.2, 0) is 9.59 Å². The highest BCUT2D eigenvalue weighted by Gasteiger charge is 2.23. The molecule has 120 valence electrons. The lowest BCUT2D eigenvalue weighted by molar-refractivity contribution is -0.138. The molecule has 2 rings (SSSR count). The molecule has 0 aromatic carbocycles. The van der Waals surface area contributed by atoms with Crippen LogP contribution in [0, 0.1) is 0 Å². The third-order valence-corrected chi connectivity index (χ3v) is 3.63. The standard InChI is InChI=1S/C14H21N5O3/c1-3-4-10(14(21)22)17-11-7-12(16-9-15-11)19-6-5-18(2)13(20)8-19/h7,9-10H,3-6,8H2,1-2H3,(H,21,22)(H,15,16,17). The largest absolute Gasteiger partial charge is 0.480 e. The van der Waals surface area contributed by atoms with Crippen LogP contribution in [0.4, 0.5) is 11.6 Å². The molecular formula is C14H21N5O3. The first kappa shape index (κ1) is 16.0. The highest BCUT2D eigenvalue weighted by Crippen LogP contribution is 2.17. The quantitative estimate of drug-likeness (QED) is 0.786. The van der Waals surface area contributed by atoms with Gasteiger partial charge in [0.1, 0.15) is 24.0 Å². The minimum Gasteiger partial charge on any atom is -0.480 e. The van der Waals surface area contributed by atoms with Gasteiger partial charge in [-0.2, -0.15) is 0 Å². The minimum atomic E-state index is -0.906. The van der Waals surface area contributed by atoms with Crippen LogP contribution in [0.25, 0.3) is 0 Å². The molecule has 1 aromatic rings. The van der Waals surface area contributed by atoms with Crippen molar-refractivity contribution in [1.29, 1.82) is 0 Å². The zero-order chi connectivity index (χ0) is 16.1. The summed E-state index contributed by atoms with van der Waals surface area (Å²) in [5.74, 6) is 0.211. The Kier molecular flexibility index (Phi) is 5.13. The fourth-order valence-electron chi connectivity index (χ4n) is 2.28. The first-order valence-corrected chi connectivity index (χ1v) is 7.31. The zero-order valence-electron chi connectivity index (χ0n) is 12.8. The molecular weight excluding hydrogens is 286 g/mol. The van der Waals surface area contributed by atoms with Crippen molar-refractivity contribution in [2.75, 3.05) is 36.9 Å². The van der Waals surface area contributed by atoms with Crippen molar-refractivity contribution in [3.63, 3.8) is 0 Å². The van der Waals surface area contributed by atoms with Crippen LogP contribution in [0.5, 0.6) is 0 Å². The van der Waals surface area contributed by atoms with Crippen molar-refractivity contribution in [3.8, 4) is 0 Å². The van der Waals surface area contributed by atoms with Gasteiger partial charge in [0.15, 0.2) is 0 Å². The monoisotopic (exact) mass is 307 g/mol. The summed E-state index contributed by atoms with van der Waals surface area (Å²) in [5, 5.41) is 12.1. The SMILES string of the molecule is CCCC(Nc1cc(N2CCN(C)C(=O)C2)ncn1)C(=O)O. The van der Waals surface area contributed by atoms with E-state index in [9.17, 15) is 14.7 Å². The van der Waals surface area contributed by atoms with E-state index >= 15 is 0 Å². The number of nitrogens with zero attached hydrogens (tertiary/aromatic N) is 4. The highest BCUT2D eigenvalue weighted by atomic mass is 16.4. The van der Waals surface area contributed by atoms with Gasteiger partial charge in [-0.25, -0.2) is 14.8 Å². The topological polar surface area (TPSA) is 98.7 Å². The van der Waals surface area contributed by atoms with Gasteiger partial charge < -0.3 is 20.2 Å². The van der Waals surface area contributed by atoms with Gasteiger partial charge in [-0.1, -0.05) is 13.3 Å². The van der Waals surface area contributed by atoms with E-state index in [1.165, 1.54) is 6.33 Å². The molecule has 2 N–H and O–H groups in total. The van der Waals surface area contributed by atoms with Gasteiger partial charge in [-0.3, -0.25) is 4.79 Å². The fourth-order valence-corrected chi connectivity index (χ4v) is 2.28. The minimum absolute atomic E-state index is 0.0359. The van der Waals surface area contributed by atoms with Crippen LogP contribution in [0.1, 0.15) is 19.8 Å². The number of nitrogens with one attached hydrogen (secondary N) is 1. The fraction of sp³-hybridized carbons (Fsp3) is 0.571. The van der Waals surface area contributed by atoms with Crippen molar-refractivity contribution in [2.24, 2.45) is 0 Å². The molecule has 0 spiro atoms. The number of anilines is 2. The number of piperazine rings is 1. The number of carboxylic acids is 1. The number of carbonyl (C=O) groups excluding carboxylic acids is 1. The van der Waals surface area contributed by atoms with Gasteiger partial charge in [0, 0.05) is 26.2 Å². The number of aliphatic carboxylic acids is 1. The van der Waals surface area contributed by atoms with Crippen LogP contribution in [0.15, 0.2) is 12.4 Å². The Balaban J connectivity index is 2.09. The third-order valence-electron chi connectivity index (χ3n) is 3.63. The molecule has 0 radical (unpaired) electrons. The van der Waals surface area contributed by atoms with Gasteiger partial charge in [0.25, 0.3) is 0 Å². The number of amides is 1. The van der Waals surface area contributed by atoms with Crippen LogP contribution >= 0.6 is 0 Å². The molecule has 1 saturated heterocycles. The van der Waals surface area contributed by atoms with Gasteiger partial charge in [-0.05, 0) is 6.42 Å². The average molecular weight is 307 g/mol. The molecule has 0 bridgehead atoms. The Morgan fingerprint density at radius 2 is 2.23 bits per heavy atom. The number of rotatable bonds is 6. The molecule has 1 fully saturated rings. The summed E-state index contributed by atoms with van der Waals surface area (Å²) in [4.78, 5) is 34.7. The molecule has 2 heterocycles. The Morgan fingerprint density at radius 3 is 2.86 bits per heavy atom. The Hall–Kier alpha value is -2.38. The molecule has 1 unspecified atom stereocenters. The predicted octanol–water partition coefficient (Wildman–Crippen LogP) is 0.420. The summed E-state index contributed by atoms with van der Waals surface area (Å²) in [7, 11) is 1.77. The lowest BCUT2D eigenvalue weighted by atomic mass is 10.1. The second-order valence-electron chi connectivity index (χ2n) is 5.32. The van der Waals surface area contributed by atoms with Crippen molar-refractivity contribution in [3.05, 3.63) is 12.4 Å². The summed E-state index contributed by atoms with van der Waals surface area (Å²) < 4.78 is 0. The summed E-state index contributed by atoms with van der Waals surface area (Å²) >= 11 is 0. The summed E-state index contributed by atoms with van der Waals surface area (Å²) in [6.45, 7) is 3.53. The maximum Gasteiger partial charge on any atom is 0.326 e. The smallest absolute Gasteiger partial charge is 0.326 e. The maximum atomic E-state index is 11.8. The third kappa shape index (κ3) is 3.84. The normalized spacial score (nSPS) is 16.5. The number of hydrogen-bond donors (Lipinski definition) is 2. The van der Waals surface area contributed by atoms with Crippen LogP contribution in [0.3, 0.4) is 0 Å². The van der Waals surface area contributed by atoms with E-state index in [2.05, 4.69) is 15.3 Å². The van der Waals surface area contributed by atoms with Crippen LogP contribution in [-0.4, -0.2) is 64.6 Å². The second kappa shape index (κ2) is 7.06. The van der Waals surface area contributed by atoms with Crippen molar-refractivity contribution in [2.45, 2.75) is 25.8 Å². The molecule has 0 saturated carbocycles. The van der Waals surface area contributed by atoms with Crippen molar-refractivity contribution in [1.82, 2.24) is 14.9 Å². The van der Waals surface area contributed by atoms with E-state index in [-0.39, 0.29) is 12.5 Å².